The Bertz CT molecular complexity index is 1190. The zero-order chi connectivity index (χ0) is 24.0. The Morgan fingerprint density at radius 1 is 0.909 bits per heavy atom. The predicted molar refractivity (Wildman–Crippen MR) is 118 cm³/mol. The van der Waals surface area contributed by atoms with Gasteiger partial charge < -0.3 is 10.6 Å². The van der Waals surface area contributed by atoms with E-state index in [0.29, 0.717) is 23.0 Å². The first-order chi connectivity index (χ1) is 15.6. The van der Waals surface area contributed by atoms with E-state index in [4.69, 9.17) is 0 Å². The summed E-state index contributed by atoms with van der Waals surface area (Å²) in [6, 6.07) is 17.0. The maximum atomic E-state index is 12.8. The van der Waals surface area contributed by atoms with Gasteiger partial charge in [0.05, 0.1) is 32.5 Å². The Morgan fingerprint density at radius 3 is 2.12 bits per heavy atom. The molecule has 3 aromatic carbocycles. The number of nitro benzene ring substituents is 1. The summed E-state index contributed by atoms with van der Waals surface area (Å²) in [4.78, 5) is 35.0. The SMILES string of the molecule is O=C(CSc1ccc(C(F)(F)F)cc1[N+](=O)[O-])Nc1ccccc1NC(=O)c1ccccc1. The zero-order valence-corrected chi connectivity index (χ0v) is 17.6. The van der Waals surface area contributed by atoms with Gasteiger partial charge in [-0.15, -0.1) is 11.8 Å². The van der Waals surface area contributed by atoms with Gasteiger partial charge in [0.15, 0.2) is 0 Å². The summed E-state index contributed by atoms with van der Waals surface area (Å²) >= 11 is 0.730. The van der Waals surface area contributed by atoms with Crippen molar-refractivity contribution >= 4 is 40.6 Å². The Kier molecular flexibility index (Phi) is 7.34. The number of nitrogens with zero attached hydrogens (tertiary/aromatic N) is 1. The summed E-state index contributed by atoms with van der Waals surface area (Å²) in [5.41, 5.74) is -0.826. The van der Waals surface area contributed by atoms with Crippen LogP contribution in [0.4, 0.5) is 30.2 Å². The second-order valence-corrected chi connectivity index (χ2v) is 7.66. The molecule has 0 unspecified atom stereocenters. The maximum absolute atomic E-state index is 12.8. The van der Waals surface area contributed by atoms with Gasteiger partial charge in [-0.1, -0.05) is 30.3 Å². The van der Waals surface area contributed by atoms with Gasteiger partial charge in [0.2, 0.25) is 5.91 Å². The van der Waals surface area contributed by atoms with Crippen LogP contribution in [0.5, 0.6) is 0 Å². The largest absolute Gasteiger partial charge is 0.416 e. The second kappa shape index (κ2) is 10.2. The normalized spacial score (nSPS) is 11.0. The molecule has 11 heteroatoms. The number of hydrogen-bond acceptors (Lipinski definition) is 5. The Labute approximate surface area is 190 Å². The molecule has 170 valence electrons. The summed E-state index contributed by atoms with van der Waals surface area (Å²) in [6.45, 7) is 0. The molecule has 3 aromatic rings. The number of carbonyl (C=O) groups excluding carboxylic acids is 2. The lowest BCUT2D eigenvalue weighted by atomic mass is 10.2. The second-order valence-electron chi connectivity index (χ2n) is 6.64. The summed E-state index contributed by atoms with van der Waals surface area (Å²) < 4.78 is 38.5. The van der Waals surface area contributed by atoms with Crippen LogP contribution in [0.1, 0.15) is 15.9 Å². The molecule has 0 aliphatic rings. The van der Waals surface area contributed by atoms with Crippen LogP contribution < -0.4 is 10.6 Å². The number of amides is 2. The van der Waals surface area contributed by atoms with Gasteiger partial charge in [-0.05, 0) is 36.4 Å². The molecule has 0 fully saturated rings. The molecule has 0 saturated carbocycles. The average Bonchev–Trinajstić information content (AvgIpc) is 2.78. The van der Waals surface area contributed by atoms with Crippen LogP contribution in [0.3, 0.4) is 0 Å². The van der Waals surface area contributed by atoms with E-state index >= 15 is 0 Å². The number of rotatable bonds is 7. The van der Waals surface area contributed by atoms with Crippen molar-refractivity contribution in [3.63, 3.8) is 0 Å². The highest BCUT2D eigenvalue weighted by molar-refractivity contribution is 8.00. The summed E-state index contributed by atoms with van der Waals surface area (Å²) in [5, 5.41) is 16.5. The van der Waals surface area contributed by atoms with Gasteiger partial charge in [-0.25, -0.2) is 0 Å². The molecular formula is C22H16F3N3O4S. The zero-order valence-electron chi connectivity index (χ0n) is 16.8. The molecule has 0 saturated heterocycles. The van der Waals surface area contributed by atoms with E-state index < -0.39 is 28.3 Å². The molecule has 0 spiro atoms. The number of hydrogen-bond donors (Lipinski definition) is 2. The van der Waals surface area contributed by atoms with Crippen molar-refractivity contribution in [2.75, 3.05) is 16.4 Å². The van der Waals surface area contributed by atoms with Gasteiger partial charge in [-0.2, -0.15) is 13.2 Å². The molecule has 0 aromatic heterocycles. The minimum absolute atomic E-state index is 0.0752. The van der Waals surface area contributed by atoms with Crippen molar-refractivity contribution in [1.82, 2.24) is 0 Å². The van der Waals surface area contributed by atoms with Crippen molar-refractivity contribution in [3.05, 3.63) is 94.0 Å². The van der Waals surface area contributed by atoms with Crippen LogP contribution in [0.15, 0.2) is 77.7 Å². The van der Waals surface area contributed by atoms with Gasteiger partial charge in [0.25, 0.3) is 11.6 Å². The van der Waals surface area contributed by atoms with Gasteiger partial charge in [0.1, 0.15) is 0 Å². The molecule has 33 heavy (non-hydrogen) atoms. The van der Waals surface area contributed by atoms with Crippen LogP contribution in [0.2, 0.25) is 0 Å². The summed E-state index contributed by atoms with van der Waals surface area (Å²) in [6.07, 6.45) is -4.72. The lowest BCUT2D eigenvalue weighted by Crippen LogP contribution is -2.18. The Balaban J connectivity index is 1.69. The molecule has 7 nitrogen and oxygen atoms in total. The van der Waals surface area contributed by atoms with Crippen LogP contribution in [0.25, 0.3) is 0 Å². The first kappa shape index (κ1) is 23.8. The number of anilines is 2. The molecule has 2 N–H and O–H groups in total. The topological polar surface area (TPSA) is 101 Å². The number of para-hydroxylation sites is 2. The highest BCUT2D eigenvalue weighted by atomic mass is 32.2. The highest BCUT2D eigenvalue weighted by Gasteiger charge is 2.33. The number of thioether (sulfide) groups is 1. The van der Waals surface area contributed by atoms with Crippen molar-refractivity contribution in [3.8, 4) is 0 Å². The van der Waals surface area contributed by atoms with Crippen molar-refractivity contribution < 1.29 is 27.7 Å². The van der Waals surface area contributed by atoms with E-state index in [9.17, 15) is 32.9 Å². The smallest absolute Gasteiger partial charge is 0.324 e. The molecule has 0 aliphatic carbocycles. The molecule has 0 atom stereocenters. The van der Waals surface area contributed by atoms with E-state index in [-0.39, 0.29) is 16.6 Å². The highest BCUT2D eigenvalue weighted by Crippen LogP contribution is 2.36. The lowest BCUT2D eigenvalue weighted by molar-refractivity contribution is -0.388. The Morgan fingerprint density at radius 2 is 1.52 bits per heavy atom. The third-order valence-electron chi connectivity index (χ3n) is 4.33. The van der Waals surface area contributed by atoms with E-state index in [1.54, 1.807) is 54.6 Å². The average molecular weight is 475 g/mol. The quantitative estimate of drug-likeness (QED) is 0.263. The molecule has 0 aliphatic heterocycles. The van der Waals surface area contributed by atoms with Crippen LogP contribution in [0, 0.1) is 10.1 Å². The third kappa shape index (κ3) is 6.32. The number of nitrogens with one attached hydrogen (secondary N) is 2. The number of alkyl halides is 3. The van der Waals surface area contributed by atoms with Gasteiger partial charge in [-0.3, -0.25) is 19.7 Å². The molecule has 3 rings (SSSR count). The monoisotopic (exact) mass is 475 g/mol. The fourth-order valence-electron chi connectivity index (χ4n) is 2.77. The number of carbonyl (C=O) groups is 2. The predicted octanol–water partition coefficient (Wildman–Crippen LogP) is 5.60. The van der Waals surface area contributed by atoms with E-state index in [0.717, 1.165) is 23.9 Å². The van der Waals surface area contributed by atoms with Crippen LogP contribution >= 0.6 is 11.8 Å². The fourth-order valence-corrected chi connectivity index (χ4v) is 3.58. The number of nitro groups is 1. The molecule has 0 radical (unpaired) electrons. The first-order valence-electron chi connectivity index (χ1n) is 9.39. The van der Waals surface area contributed by atoms with Gasteiger partial charge in [0, 0.05) is 11.6 Å². The molecular weight excluding hydrogens is 459 g/mol. The summed E-state index contributed by atoms with van der Waals surface area (Å²) in [5.74, 6) is -1.24. The van der Waals surface area contributed by atoms with Crippen LogP contribution in [-0.4, -0.2) is 22.5 Å². The van der Waals surface area contributed by atoms with E-state index in [2.05, 4.69) is 10.6 Å². The van der Waals surface area contributed by atoms with Crippen LogP contribution in [-0.2, 0) is 11.0 Å². The van der Waals surface area contributed by atoms with Crippen molar-refractivity contribution in [2.24, 2.45) is 0 Å². The van der Waals surface area contributed by atoms with E-state index in [1.807, 2.05) is 0 Å². The first-order valence-corrected chi connectivity index (χ1v) is 10.4. The summed E-state index contributed by atoms with van der Waals surface area (Å²) in [7, 11) is 0. The standard InChI is InChI=1S/C22H16F3N3O4S/c23-22(24,25)15-10-11-19(18(12-15)28(31)32)33-13-20(29)26-16-8-4-5-9-17(16)27-21(30)14-6-2-1-3-7-14/h1-12H,13H2,(H,26,29)(H,27,30). The number of benzene rings is 3. The van der Waals surface area contributed by atoms with Crippen molar-refractivity contribution in [1.29, 1.82) is 0 Å². The van der Waals surface area contributed by atoms with E-state index in [1.165, 1.54) is 0 Å². The minimum Gasteiger partial charge on any atom is -0.324 e. The molecule has 0 bridgehead atoms. The number of halogens is 3. The fraction of sp³-hybridized carbons (Fsp3) is 0.0909. The lowest BCUT2D eigenvalue weighted by Gasteiger charge is -2.12. The molecule has 2 amide bonds. The van der Waals surface area contributed by atoms with Gasteiger partial charge >= 0.3 is 6.18 Å². The molecule has 0 heterocycles. The Hall–Kier alpha value is -3.86. The third-order valence-corrected chi connectivity index (χ3v) is 5.39. The van der Waals surface area contributed by atoms with Crippen molar-refractivity contribution in [2.45, 2.75) is 11.1 Å². The minimum atomic E-state index is -4.72. The maximum Gasteiger partial charge on any atom is 0.416 e.